The highest BCUT2D eigenvalue weighted by molar-refractivity contribution is 4.68. The molecule has 1 unspecified atom stereocenters. The van der Waals surface area contributed by atoms with Gasteiger partial charge in [0.15, 0.2) is 0 Å². The summed E-state index contributed by atoms with van der Waals surface area (Å²) >= 11 is 0. The number of nitrogens with zero attached hydrogens (tertiary/aromatic N) is 1. The van der Waals surface area contributed by atoms with Gasteiger partial charge in [-0.05, 0) is 32.7 Å². The second kappa shape index (κ2) is 9.90. The first kappa shape index (κ1) is 15.0. The molecule has 0 aliphatic carbocycles. The van der Waals surface area contributed by atoms with E-state index >= 15 is 0 Å². The summed E-state index contributed by atoms with van der Waals surface area (Å²) in [5.41, 5.74) is 0. The average molecular weight is 241 g/mol. The summed E-state index contributed by atoms with van der Waals surface area (Å²) in [7, 11) is 0. The van der Waals surface area contributed by atoms with Gasteiger partial charge < -0.3 is 4.74 Å². The minimum atomic E-state index is 0.748. The first-order valence-electron chi connectivity index (χ1n) is 7.66. The Morgan fingerprint density at radius 3 is 2.65 bits per heavy atom. The summed E-state index contributed by atoms with van der Waals surface area (Å²) in [6, 6.07) is 0.748. The number of unbranched alkanes of at least 4 members (excludes halogenated alkanes) is 4. The fourth-order valence-corrected chi connectivity index (χ4v) is 2.58. The standard InChI is InChI=1S/C15H31NO/c1-3-4-5-6-7-10-15(2)16-11-8-9-13-17-14-12-16/h15H,3-14H2,1-2H3. The first-order valence-corrected chi connectivity index (χ1v) is 7.66. The lowest BCUT2D eigenvalue weighted by Crippen LogP contribution is -2.38. The van der Waals surface area contributed by atoms with E-state index in [0.29, 0.717) is 0 Å². The third kappa shape index (κ3) is 7.05. The zero-order valence-electron chi connectivity index (χ0n) is 11.9. The molecule has 1 heterocycles. The van der Waals surface area contributed by atoms with E-state index in [0.717, 1.165) is 25.8 Å². The molecule has 102 valence electrons. The van der Waals surface area contributed by atoms with Crippen LogP contribution in [0.3, 0.4) is 0 Å². The molecule has 0 N–H and O–H groups in total. The van der Waals surface area contributed by atoms with E-state index in [4.69, 9.17) is 4.74 Å². The van der Waals surface area contributed by atoms with Crippen molar-refractivity contribution in [3.63, 3.8) is 0 Å². The molecule has 1 saturated heterocycles. The van der Waals surface area contributed by atoms with Gasteiger partial charge in [0.25, 0.3) is 0 Å². The molecule has 0 saturated carbocycles. The molecule has 0 aromatic rings. The van der Waals surface area contributed by atoms with Crippen molar-refractivity contribution >= 4 is 0 Å². The third-order valence-corrected chi connectivity index (χ3v) is 3.86. The number of ether oxygens (including phenoxy) is 1. The van der Waals surface area contributed by atoms with Crippen LogP contribution in [0.15, 0.2) is 0 Å². The van der Waals surface area contributed by atoms with E-state index in [1.165, 1.54) is 57.9 Å². The minimum Gasteiger partial charge on any atom is -0.380 e. The average Bonchev–Trinajstić information content (AvgIpc) is 2.28. The van der Waals surface area contributed by atoms with Crippen LogP contribution in [0.5, 0.6) is 0 Å². The lowest BCUT2D eigenvalue weighted by atomic mass is 10.1. The molecule has 1 fully saturated rings. The van der Waals surface area contributed by atoms with E-state index < -0.39 is 0 Å². The molecule has 0 bridgehead atoms. The first-order chi connectivity index (χ1) is 8.34. The van der Waals surface area contributed by atoms with E-state index in [-0.39, 0.29) is 0 Å². The van der Waals surface area contributed by atoms with Gasteiger partial charge in [0.1, 0.15) is 0 Å². The van der Waals surface area contributed by atoms with Crippen molar-refractivity contribution in [1.29, 1.82) is 0 Å². The summed E-state index contributed by atoms with van der Waals surface area (Å²) < 4.78 is 5.57. The van der Waals surface area contributed by atoms with Crippen LogP contribution in [-0.4, -0.2) is 37.2 Å². The highest BCUT2D eigenvalue weighted by Gasteiger charge is 2.14. The van der Waals surface area contributed by atoms with Gasteiger partial charge in [-0.2, -0.15) is 0 Å². The van der Waals surface area contributed by atoms with Crippen molar-refractivity contribution in [3.8, 4) is 0 Å². The van der Waals surface area contributed by atoms with Gasteiger partial charge in [0.2, 0.25) is 0 Å². The minimum absolute atomic E-state index is 0.748. The smallest absolute Gasteiger partial charge is 0.0593 e. The summed E-state index contributed by atoms with van der Waals surface area (Å²) in [6.07, 6.45) is 10.9. The lowest BCUT2D eigenvalue weighted by molar-refractivity contribution is 0.0637. The van der Waals surface area contributed by atoms with Gasteiger partial charge in [-0.3, -0.25) is 4.90 Å². The Kier molecular flexibility index (Phi) is 8.72. The number of rotatable bonds is 7. The fraction of sp³-hybridized carbons (Fsp3) is 1.00. The van der Waals surface area contributed by atoms with Gasteiger partial charge in [-0.25, -0.2) is 0 Å². The molecule has 17 heavy (non-hydrogen) atoms. The van der Waals surface area contributed by atoms with Crippen molar-refractivity contribution in [2.24, 2.45) is 0 Å². The molecule has 0 amide bonds. The predicted octanol–water partition coefficient (Wildman–Crippen LogP) is 3.85. The maximum absolute atomic E-state index is 5.57. The Morgan fingerprint density at radius 2 is 1.82 bits per heavy atom. The highest BCUT2D eigenvalue weighted by atomic mass is 16.5. The molecule has 1 aliphatic heterocycles. The number of hydrogen-bond donors (Lipinski definition) is 0. The van der Waals surface area contributed by atoms with E-state index in [1.54, 1.807) is 0 Å². The highest BCUT2D eigenvalue weighted by Crippen LogP contribution is 2.13. The molecule has 2 nitrogen and oxygen atoms in total. The Balaban J connectivity index is 2.09. The van der Waals surface area contributed by atoms with Crippen molar-refractivity contribution in [1.82, 2.24) is 4.90 Å². The summed E-state index contributed by atoms with van der Waals surface area (Å²) in [6.45, 7) is 8.99. The summed E-state index contributed by atoms with van der Waals surface area (Å²) in [5, 5.41) is 0. The van der Waals surface area contributed by atoms with Crippen LogP contribution >= 0.6 is 0 Å². The molecule has 1 atom stereocenters. The topological polar surface area (TPSA) is 12.5 Å². The molecule has 0 radical (unpaired) electrons. The van der Waals surface area contributed by atoms with Crippen LogP contribution in [-0.2, 0) is 4.74 Å². The van der Waals surface area contributed by atoms with E-state index in [2.05, 4.69) is 18.7 Å². The molecule has 0 spiro atoms. The van der Waals surface area contributed by atoms with Crippen LogP contribution in [0.25, 0.3) is 0 Å². The predicted molar refractivity (Wildman–Crippen MR) is 74.5 cm³/mol. The molecule has 0 aromatic heterocycles. The Hall–Kier alpha value is -0.0800. The Morgan fingerprint density at radius 1 is 1.00 bits per heavy atom. The van der Waals surface area contributed by atoms with Crippen LogP contribution in [0.4, 0.5) is 0 Å². The lowest BCUT2D eigenvalue weighted by Gasteiger charge is -2.30. The van der Waals surface area contributed by atoms with Crippen LogP contribution in [0, 0.1) is 0 Å². The van der Waals surface area contributed by atoms with Crippen LogP contribution in [0.2, 0.25) is 0 Å². The van der Waals surface area contributed by atoms with Crippen molar-refractivity contribution in [2.75, 3.05) is 26.3 Å². The van der Waals surface area contributed by atoms with Gasteiger partial charge in [0.05, 0.1) is 6.61 Å². The fourth-order valence-electron chi connectivity index (χ4n) is 2.58. The second-order valence-electron chi connectivity index (χ2n) is 5.41. The maximum Gasteiger partial charge on any atom is 0.0593 e. The summed E-state index contributed by atoms with van der Waals surface area (Å²) in [4.78, 5) is 2.62. The van der Waals surface area contributed by atoms with Gasteiger partial charge >= 0.3 is 0 Å². The van der Waals surface area contributed by atoms with Crippen molar-refractivity contribution < 1.29 is 4.74 Å². The van der Waals surface area contributed by atoms with Crippen LogP contribution in [0.1, 0.15) is 65.2 Å². The largest absolute Gasteiger partial charge is 0.380 e. The molecular formula is C15H31NO. The molecular weight excluding hydrogens is 210 g/mol. The monoisotopic (exact) mass is 241 g/mol. The Labute approximate surface area is 108 Å². The van der Waals surface area contributed by atoms with Crippen LogP contribution < -0.4 is 0 Å². The summed E-state index contributed by atoms with van der Waals surface area (Å²) in [5.74, 6) is 0. The molecule has 2 heteroatoms. The van der Waals surface area contributed by atoms with Gasteiger partial charge in [0, 0.05) is 19.2 Å². The van der Waals surface area contributed by atoms with Crippen molar-refractivity contribution in [2.45, 2.75) is 71.3 Å². The number of hydrogen-bond acceptors (Lipinski definition) is 2. The van der Waals surface area contributed by atoms with Crippen molar-refractivity contribution in [3.05, 3.63) is 0 Å². The van der Waals surface area contributed by atoms with Gasteiger partial charge in [-0.15, -0.1) is 0 Å². The SMILES string of the molecule is CCCCCCCC(C)N1CCCCOCC1. The quantitative estimate of drug-likeness (QED) is 0.628. The van der Waals surface area contributed by atoms with E-state index in [9.17, 15) is 0 Å². The zero-order valence-corrected chi connectivity index (χ0v) is 11.9. The normalized spacial score (nSPS) is 20.8. The molecule has 0 aromatic carbocycles. The Bertz CT molecular complexity index is 164. The molecule has 1 aliphatic rings. The van der Waals surface area contributed by atoms with E-state index in [1.807, 2.05) is 0 Å². The third-order valence-electron chi connectivity index (χ3n) is 3.86. The maximum atomic E-state index is 5.57. The van der Waals surface area contributed by atoms with Gasteiger partial charge in [-0.1, -0.05) is 39.0 Å². The molecule has 1 rings (SSSR count). The zero-order chi connectivity index (χ0) is 12.3. The second-order valence-corrected chi connectivity index (χ2v) is 5.41.